The van der Waals surface area contributed by atoms with Crippen molar-refractivity contribution >= 4 is 27.2 Å². The number of benzene rings is 1. The molecule has 5 nitrogen and oxygen atoms in total. The highest BCUT2D eigenvalue weighted by atomic mass is 32.1. The Bertz CT molecular complexity index is 1100. The Kier molecular flexibility index (Phi) is 3.28. The fourth-order valence-electron chi connectivity index (χ4n) is 3.70. The fraction of sp³-hybridized carbons (Fsp3) is 0.316. The molecule has 0 spiro atoms. The van der Waals surface area contributed by atoms with E-state index >= 15 is 0 Å². The van der Waals surface area contributed by atoms with E-state index in [1.54, 1.807) is 7.11 Å². The number of methoxy groups -OCH3 is 1. The zero-order chi connectivity index (χ0) is 17.0. The highest BCUT2D eigenvalue weighted by Crippen LogP contribution is 2.39. The summed E-state index contributed by atoms with van der Waals surface area (Å²) in [6.45, 7) is 2.33. The van der Waals surface area contributed by atoms with Gasteiger partial charge in [-0.05, 0) is 42.9 Å². The first-order valence-corrected chi connectivity index (χ1v) is 9.34. The molecule has 3 aromatic heterocycles. The number of aromatic nitrogens is 4. The molecule has 6 heteroatoms. The van der Waals surface area contributed by atoms with Crippen molar-refractivity contribution in [3.8, 4) is 17.1 Å². The molecular formula is C19H18N4OS. The predicted molar refractivity (Wildman–Crippen MR) is 99.3 cm³/mol. The molecule has 25 heavy (non-hydrogen) atoms. The van der Waals surface area contributed by atoms with E-state index in [-0.39, 0.29) is 0 Å². The van der Waals surface area contributed by atoms with Crippen LogP contribution in [0, 0.1) is 5.92 Å². The van der Waals surface area contributed by atoms with Crippen molar-refractivity contribution in [1.29, 1.82) is 0 Å². The summed E-state index contributed by atoms with van der Waals surface area (Å²) < 4.78 is 7.34. The minimum absolute atomic E-state index is 0.752. The van der Waals surface area contributed by atoms with E-state index in [9.17, 15) is 0 Å². The first-order valence-electron chi connectivity index (χ1n) is 8.53. The second kappa shape index (κ2) is 5.52. The number of ether oxygens (including phenoxy) is 1. The van der Waals surface area contributed by atoms with Crippen LogP contribution >= 0.6 is 11.3 Å². The first kappa shape index (κ1) is 14.8. The minimum atomic E-state index is 0.752. The smallest absolute Gasteiger partial charge is 0.172 e. The van der Waals surface area contributed by atoms with E-state index in [1.165, 1.54) is 22.2 Å². The Hall–Kier alpha value is -2.47. The van der Waals surface area contributed by atoms with Gasteiger partial charge in [-0.25, -0.2) is 4.98 Å². The lowest BCUT2D eigenvalue weighted by Gasteiger charge is -2.17. The molecule has 0 N–H and O–H groups in total. The van der Waals surface area contributed by atoms with E-state index in [2.05, 4.69) is 17.1 Å². The quantitative estimate of drug-likeness (QED) is 0.545. The Balaban J connectivity index is 1.74. The van der Waals surface area contributed by atoms with Crippen LogP contribution in [0.5, 0.6) is 5.75 Å². The van der Waals surface area contributed by atoms with Gasteiger partial charge in [-0.3, -0.25) is 4.40 Å². The predicted octanol–water partition coefficient (Wildman–Crippen LogP) is 4.14. The van der Waals surface area contributed by atoms with Gasteiger partial charge in [0.25, 0.3) is 0 Å². The number of hydrogen-bond acceptors (Lipinski definition) is 5. The molecule has 0 saturated heterocycles. The third-order valence-corrected chi connectivity index (χ3v) is 6.19. The van der Waals surface area contributed by atoms with Gasteiger partial charge in [0.15, 0.2) is 11.5 Å². The van der Waals surface area contributed by atoms with Crippen LogP contribution < -0.4 is 4.74 Å². The van der Waals surface area contributed by atoms with Crippen LogP contribution in [0.1, 0.15) is 23.8 Å². The molecule has 1 aromatic carbocycles. The average Bonchev–Trinajstić information content (AvgIpc) is 3.21. The molecule has 4 aromatic rings. The van der Waals surface area contributed by atoms with Gasteiger partial charge in [0.05, 0.1) is 12.5 Å². The van der Waals surface area contributed by atoms with Crippen molar-refractivity contribution in [2.24, 2.45) is 5.92 Å². The number of aryl methyl sites for hydroxylation is 1. The Morgan fingerprint density at radius 3 is 3.08 bits per heavy atom. The van der Waals surface area contributed by atoms with Gasteiger partial charge in [-0.2, -0.15) is 0 Å². The maximum absolute atomic E-state index is 5.34. The van der Waals surface area contributed by atoms with Gasteiger partial charge >= 0.3 is 0 Å². The number of rotatable bonds is 2. The molecule has 1 aliphatic carbocycles. The normalized spacial score (nSPS) is 17.1. The largest absolute Gasteiger partial charge is 0.497 e. The van der Waals surface area contributed by atoms with Gasteiger partial charge in [0.2, 0.25) is 0 Å². The van der Waals surface area contributed by atoms with E-state index in [0.29, 0.717) is 0 Å². The van der Waals surface area contributed by atoms with Crippen molar-refractivity contribution in [1.82, 2.24) is 19.6 Å². The highest BCUT2D eigenvalue weighted by molar-refractivity contribution is 7.19. The van der Waals surface area contributed by atoms with E-state index in [4.69, 9.17) is 9.72 Å². The summed E-state index contributed by atoms with van der Waals surface area (Å²) in [5.74, 6) is 2.36. The maximum atomic E-state index is 5.34. The van der Waals surface area contributed by atoms with Crippen LogP contribution in [0.3, 0.4) is 0 Å². The van der Waals surface area contributed by atoms with E-state index < -0.39 is 0 Å². The molecule has 0 amide bonds. The summed E-state index contributed by atoms with van der Waals surface area (Å²) in [6, 6.07) is 7.90. The zero-order valence-electron chi connectivity index (χ0n) is 14.2. The number of nitrogens with zero attached hydrogens (tertiary/aromatic N) is 4. The summed E-state index contributed by atoms with van der Waals surface area (Å²) in [5.41, 5.74) is 3.32. The lowest BCUT2D eigenvalue weighted by Crippen LogP contribution is -2.08. The summed E-state index contributed by atoms with van der Waals surface area (Å²) in [5, 5.41) is 10.2. The fourth-order valence-corrected chi connectivity index (χ4v) is 5.04. The van der Waals surface area contributed by atoms with Gasteiger partial charge in [0, 0.05) is 10.4 Å². The highest BCUT2D eigenvalue weighted by Gasteiger charge is 2.24. The van der Waals surface area contributed by atoms with Gasteiger partial charge in [-0.1, -0.05) is 19.1 Å². The maximum Gasteiger partial charge on any atom is 0.172 e. The van der Waals surface area contributed by atoms with Crippen LogP contribution in [0.2, 0.25) is 0 Å². The Labute approximate surface area is 149 Å². The second-order valence-corrected chi connectivity index (χ2v) is 7.81. The topological polar surface area (TPSA) is 52.3 Å². The second-order valence-electron chi connectivity index (χ2n) is 6.73. The molecule has 0 bridgehead atoms. The van der Waals surface area contributed by atoms with Crippen LogP contribution in [-0.4, -0.2) is 26.7 Å². The Morgan fingerprint density at radius 2 is 2.20 bits per heavy atom. The molecule has 5 rings (SSSR count). The monoisotopic (exact) mass is 350 g/mol. The molecule has 126 valence electrons. The van der Waals surface area contributed by atoms with Crippen LogP contribution in [0.15, 0.2) is 30.6 Å². The van der Waals surface area contributed by atoms with Crippen molar-refractivity contribution in [2.45, 2.75) is 26.2 Å². The van der Waals surface area contributed by atoms with E-state index in [1.807, 2.05) is 46.3 Å². The molecule has 1 atom stereocenters. The minimum Gasteiger partial charge on any atom is -0.497 e. The van der Waals surface area contributed by atoms with Crippen LogP contribution in [0.4, 0.5) is 0 Å². The molecule has 0 radical (unpaired) electrons. The molecule has 1 aliphatic rings. The number of thiophene rings is 1. The Morgan fingerprint density at radius 1 is 1.28 bits per heavy atom. The third-order valence-electron chi connectivity index (χ3n) is 5.03. The summed E-state index contributed by atoms with van der Waals surface area (Å²) in [7, 11) is 1.67. The van der Waals surface area contributed by atoms with Crippen molar-refractivity contribution in [2.75, 3.05) is 7.11 Å². The zero-order valence-corrected chi connectivity index (χ0v) is 15.0. The molecule has 0 saturated carbocycles. The molecular weight excluding hydrogens is 332 g/mol. The standard InChI is InChI=1S/C19H18N4OS/c1-11-6-7-14-15(8-11)25-19-16(14)18-22-21-17(23(18)10-20-19)12-4-3-5-13(9-12)24-2/h3-5,9-11H,6-8H2,1-2H3/t11-/m0/s1. The van der Waals surface area contributed by atoms with Gasteiger partial charge in [-0.15, -0.1) is 21.5 Å². The molecule has 3 heterocycles. The van der Waals surface area contributed by atoms with Crippen molar-refractivity contribution < 1.29 is 4.74 Å². The number of hydrogen-bond donors (Lipinski definition) is 0. The van der Waals surface area contributed by atoms with E-state index in [0.717, 1.165) is 46.4 Å². The summed E-state index contributed by atoms with van der Waals surface area (Å²) >= 11 is 1.82. The lowest BCUT2D eigenvalue weighted by molar-refractivity contribution is 0.415. The SMILES string of the molecule is COc1cccc(-c2nnc3c4c5c(sc4ncn23)C[C@@H](C)CC5)c1. The molecule has 0 fully saturated rings. The van der Waals surface area contributed by atoms with Crippen LogP contribution in [0.25, 0.3) is 27.3 Å². The first-order chi connectivity index (χ1) is 12.2. The molecule has 0 aliphatic heterocycles. The van der Waals surface area contributed by atoms with Crippen LogP contribution in [-0.2, 0) is 12.8 Å². The van der Waals surface area contributed by atoms with Gasteiger partial charge < -0.3 is 4.74 Å². The van der Waals surface area contributed by atoms with Crippen molar-refractivity contribution in [3.63, 3.8) is 0 Å². The summed E-state index contributed by atoms with van der Waals surface area (Å²) in [6.07, 6.45) is 5.34. The summed E-state index contributed by atoms with van der Waals surface area (Å²) in [4.78, 5) is 7.26. The number of fused-ring (bicyclic) bond motifs is 5. The molecule has 0 unspecified atom stereocenters. The average molecular weight is 350 g/mol. The van der Waals surface area contributed by atoms with Crippen molar-refractivity contribution in [3.05, 3.63) is 41.0 Å². The third kappa shape index (κ3) is 2.24. The lowest BCUT2D eigenvalue weighted by atomic mass is 9.89. The van der Waals surface area contributed by atoms with Gasteiger partial charge in [0.1, 0.15) is 16.9 Å².